The molecule has 3 aromatic heterocycles. The van der Waals surface area contributed by atoms with Crippen LogP contribution < -0.4 is 5.73 Å². The topological polar surface area (TPSA) is 124 Å². The van der Waals surface area contributed by atoms with E-state index in [9.17, 15) is 9.90 Å². The number of halogens is 1. The molecule has 0 saturated carbocycles. The SMILES string of the molecule is Cc1onc(-c2ccc(Cl)cn2)c1COC(O)Cc1ccc(C(N)=O)cn1. The predicted octanol–water partition coefficient (Wildman–Crippen LogP) is 2.27. The Morgan fingerprint density at radius 3 is 2.74 bits per heavy atom. The van der Waals surface area contributed by atoms with Crippen molar-refractivity contribution in [2.75, 3.05) is 0 Å². The first kappa shape index (κ1) is 19.0. The number of nitrogens with zero attached hydrogens (tertiary/aromatic N) is 3. The van der Waals surface area contributed by atoms with Gasteiger partial charge >= 0.3 is 0 Å². The fraction of sp³-hybridized carbons (Fsp3) is 0.222. The molecule has 3 aromatic rings. The lowest BCUT2D eigenvalue weighted by Gasteiger charge is -2.12. The summed E-state index contributed by atoms with van der Waals surface area (Å²) in [4.78, 5) is 19.3. The smallest absolute Gasteiger partial charge is 0.250 e. The van der Waals surface area contributed by atoms with E-state index in [1.54, 1.807) is 31.2 Å². The highest BCUT2D eigenvalue weighted by molar-refractivity contribution is 6.30. The Morgan fingerprint density at radius 2 is 2.11 bits per heavy atom. The van der Waals surface area contributed by atoms with E-state index in [1.165, 1.54) is 12.4 Å². The quantitative estimate of drug-likeness (QED) is 0.595. The summed E-state index contributed by atoms with van der Waals surface area (Å²) in [7, 11) is 0. The second-order valence-corrected chi connectivity index (χ2v) is 6.24. The molecule has 0 aliphatic rings. The fourth-order valence-corrected chi connectivity index (χ4v) is 2.50. The molecule has 0 fully saturated rings. The summed E-state index contributed by atoms with van der Waals surface area (Å²) in [5, 5.41) is 14.7. The number of aromatic nitrogens is 3. The van der Waals surface area contributed by atoms with Crippen LogP contribution in [0, 0.1) is 6.92 Å². The monoisotopic (exact) mass is 388 g/mol. The number of amides is 1. The van der Waals surface area contributed by atoms with Gasteiger partial charge in [0.1, 0.15) is 11.5 Å². The van der Waals surface area contributed by atoms with Crippen LogP contribution >= 0.6 is 11.6 Å². The van der Waals surface area contributed by atoms with E-state index in [0.29, 0.717) is 39.0 Å². The van der Waals surface area contributed by atoms with Crippen molar-refractivity contribution in [2.24, 2.45) is 5.73 Å². The molecule has 27 heavy (non-hydrogen) atoms. The molecule has 3 heterocycles. The Kier molecular flexibility index (Phi) is 5.80. The van der Waals surface area contributed by atoms with Gasteiger partial charge in [0.2, 0.25) is 5.91 Å². The van der Waals surface area contributed by atoms with Gasteiger partial charge in [-0.25, -0.2) is 0 Å². The molecule has 1 unspecified atom stereocenters. The Morgan fingerprint density at radius 1 is 1.30 bits per heavy atom. The first-order chi connectivity index (χ1) is 12.9. The number of primary amides is 1. The molecule has 3 N–H and O–H groups in total. The minimum atomic E-state index is -1.10. The first-order valence-electron chi connectivity index (χ1n) is 8.05. The molecule has 0 aliphatic heterocycles. The van der Waals surface area contributed by atoms with Gasteiger partial charge in [-0.3, -0.25) is 14.8 Å². The lowest BCUT2D eigenvalue weighted by molar-refractivity contribution is -0.107. The highest BCUT2D eigenvalue weighted by Gasteiger charge is 2.18. The summed E-state index contributed by atoms with van der Waals surface area (Å²) in [6, 6.07) is 6.59. The van der Waals surface area contributed by atoms with Crippen LogP contribution in [0.5, 0.6) is 0 Å². The number of aliphatic hydroxyl groups excluding tert-OH is 1. The van der Waals surface area contributed by atoms with Crippen LogP contribution in [0.2, 0.25) is 5.02 Å². The molecular formula is C18H17ClN4O4. The van der Waals surface area contributed by atoms with Gasteiger partial charge in [-0.15, -0.1) is 0 Å². The molecule has 9 heteroatoms. The van der Waals surface area contributed by atoms with E-state index in [-0.39, 0.29) is 13.0 Å². The van der Waals surface area contributed by atoms with Crippen molar-refractivity contribution in [1.82, 2.24) is 15.1 Å². The molecule has 0 radical (unpaired) electrons. The van der Waals surface area contributed by atoms with Gasteiger partial charge in [0, 0.05) is 30.1 Å². The van der Waals surface area contributed by atoms with Crippen LogP contribution in [0.15, 0.2) is 41.2 Å². The maximum atomic E-state index is 11.0. The number of ether oxygens (including phenoxy) is 1. The van der Waals surface area contributed by atoms with E-state index >= 15 is 0 Å². The highest BCUT2D eigenvalue weighted by atomic mass is 35.5. The van der Waals surface area contributed by atoms with Gasteiger partial charge in [0.05, 0.1) is 22.9 Å². The average molecular weight is 389 g/mol. The molecule has 0 aromatic carbocycles. The van der Waals surface area contributed by atoms with Crippen molar-refractivity contribution in [3.63, 3.8) is 0 Å². The molecule has 1 atom stereocenters. The lowest BCUT2D eigenvalue weighted by atomic mass is 10.1. The maximum Gasteiger partial charge on any atom is 0.250 e. The van der Waals surface area contributed by atoms with Gasteiger partial charge in [-0.05, 0) is 31.2 Å². The van der Waals surface area contributed by atoms with Crippen molar-refractivity contribution in [3.05, 3.63) is 64.3 Å². The molecule has 0 saturated heterocycles. The Balaban J connectivity index is 1.65. The summed E-state index contributed by atoms with van der Waals surface area (Å²) in [6.07, 6.45) is 1.93. The van der Waals surface area contributed by atoms with Crippen molar-refractivity contribution in [2.45, 2.75) is 26.2 Å². The van der Waals surface area contributed by atoms with Gasteiger partial charge in [-0.1, -0.05) is 16.8 Å². The molecule has 1 amide bonds. The number of carbonyl (C=O) groups is 1. The zero-order valence-electron chi connectivity index (χ0n) is 14.4. The average Bonchev–Trinajstić information content (AvgIpc) is 3.01. The molecule has 3 rings (SSSR count). The highest BCUT2D eigenvalue weighted by Crippen LogP contribution is 2.25. The number of pyridine rings is 2. The number of aliphatic hydroxyl groups is 1. The van der Waals surface area contributed by atoms with E-state index < -0.39 is 12.2 Å². The van der Waals surface area contributed by atoms with Crippen LogP contribution in [-0.2, 0) is 17.8 Å². The minimum Gasteiger partial charge on any atom is -0.368 e. The molecule has 140 valence electrons. The predicted molar refractivity (Wildman–Crippen MR) is 96.7 cm³/mol. The normalized spacial score (nSPS) is 12.1. The van der Waals surface area contributed by atoms with Crippen molar-refractivity contribution >= 4 is 17.5 Å². The summed E-state index contributed by atoms with van der Waals surface area (Å²) < 4.78 is 10.7. The van der Waals surface area contributed by atoms with E-state index in [4.69, 9.17) is 26.6 Å². The van der Waals surface area contributed by atoms with Gasteiger partial charge in [0.15, 0.2) is 6.29 Å². The molecule has 0 bridgehead atoms. The van der Waals surface area contributed by atoms with Crippen molar-refractivity contribution < 1.29 is 19.2 Å². The van der Waals surface area contributed by atoms with Crippen LogP contribution in [0.3, 0.4) is 0 Å². The number of rotatable bonds is 7. The van der Waals surface area contributed by atoms with Gasteiger partial charge in [0.25, 0.3) is 0 Å². The van der Waals surface area contributed by atoms with Crippen LogP contribution in [0.1, 0.15) is 27.4 Å². The number of aryl methyl sites for hydroxylation is 1. The molecule has 8 nitrogen and oxygen atoms in total. The van der Waals surface area contributed by atoms with Gasteiger partial charge in [-0.2, -0.15) is 0 Å². The lowest BCUT2D eigenvalue weighted by Crippen LogP contribution is -2.17. The zero-order chi connectivity index (χ0) is 19.4. The zero-order valence-corrected chi connectivity index (χ0v) is 15.2. The van der Waals surface area contributed by atoms with Crippen molar-refractivity contribution in [3.8, 4) is 11.4 Å². The largest absolute Gasteiger partial charge is 0.368 e. The van der Waals surface area contributed by atoms with E-state index in [0.717, 1.165) is 0 Å². The Bertz CT molecular complexity index is 926. The molecule has 0 spiro atoms. The summed E-state index contributed by atoms with van der Waals surface area (Å²) in [6.45, 7) is 1.83. The Hall–Kier alpha value is -2.81. The van der Waals surface area contributed by atoms with Crippen LogP contribution in [-0.4, -0.2) is 32.4 Å². The first-order valence-corrected chi connectivity index (χ1v) is 8.43. The number of nitrogens with two attached hydrogens (primary N) is 1. The molecule has 0 aliphatic carbocycles. The third-order valence-corrected chi connectivity index (χ3v) is 4.09. The van der Waals surface area contributed by atoms with Crippen LogP contribution in [0.25, 0.3) is 11.4 Å². The van der Waals surface area contributed by atoms with Gasteiger partial charge < -0.3 is 20.1 Å². The number of hydrogen-bond donors (Lipinski definition) is 2. The second kappa shape index (κ2) is 8.26. The van der Waals surface area contributed by atoms with E-state index in [1.807, 2.05) is 0 Å². The summed E-state index contributed by atoms with van der Waals surface area (Å²) in [5.41, 5.74) is 7.84. The second-order valence-electron chi connectivity index (χ2n) is 5.80. The fourth-order valence-electron chi connectivity index (χ4n) is 2.39. The number of hydrogen-bond acceptors (Lipinski definition) is 7. The third-order valence-electron chi connectivity index (χ3n) is 3.87. The standard InChI is InChI=1S/C18H17ClN4O4/c1-10-14(17(23-27-10)15-5-3-12(19)8-22-15)9-26-16(24)6-13-4-2-11(7-21-13)18(20)25/h2-5,7-8,16,24H,6,9H2,1H3,(H2,20,25). The van der Waals surface area contributed by atoms with Crippen LogP contribution in [0.4, 0.5) is 0 Å². The summed E-state index contributed by atoms with van der Waals surface area (Å²) >= 11 is 5.86. The maximum absolute atomic E-state index is 11.0. The van der Waals surface area contributed by atoms with Crippen molar-refractivity contribution in [1.29, 1.82) is 0 Å². The number of carbonyl (C=O) groups excluding carboxylic acids is 1. The minimum absolute atomic E-state index is 0.0789. The van der Waals surface area contributed by atoms with E-state index in [2.05, 4.69) is 15.1 Å². The molecular weight excluding hydrogens is 372 g/mol. The third kappa shape index (κ3) is 4.68. The Labute approximate surface area is 159 Å². The summed E-state index contributed by atoms with van der Waals surface area (Å²) in [5.74, 6) is 0.00926.